The summed E-state index contributed by atoms with van der Waals surface area (Å²) < 4.78 is 42.2. The van der Waals surface area contributed by atoms with Crippen LogP contribution >= 0.6 is 0 Å². The van der Waals surface area contributed by atoms with Crippen LogP contribution in [0.1, 0.15) is 17.3 Å². The number of hydrogen-bond donors (Lipinski definition) is 1. The Bertz CT molecular complexity index is 1020. The highest BCUT2D eigenvalue weighted by Crippen LogP contribution is 2.20. The van der Waals surface area contributed by atoms with Crippen molar-refractivity contribution in [3.05, 3.63) is 54.1 Å². The number of carbonyl (C=O) groups is 2. The van der Waals surface area contributed by atoms with Crippen LogP contribution in [0.5, 0.6) is 5.75 Å². The van der Waals surface area contributed by atoms with Gasteiger partial charge in [0.2, 0.25) is 10.0 Å². The Morgan fingerprint density at radius 3 is 2.42 bits per heavy atom. The molecular formula is C21H24N2O7S. The molecule has 0 radical (unpaired) electrons. The zero-order valence-electron chi connectivity index (χ0n) is 17.1. The summed E-state index contributed by atoms with van der Waals surface area (Å²) in [6.07, 6.45) is 0. The highest BCUT2D eigenvalue weighted by atomic mass is 32.2. The van der Waals surface area contributed by atoms with Gasteiger partial charge >= 0.3 is 5.97 Å². The third-order valence-corrected chi connectivity index (χ3v) is 6.40. The molecule has 1 saturated heterocycles. The molecule has 0 aromatic heterocycles. The van der Waals surface area contributed by atoms with Gasteiger partial charge in [0.25, 0.3) is 5.91 Å². The Balaban J connectivity index is 1.56. The van der Waals surface area contributed by atoms with Gasteiger partial charge in [-0.15, -0.1) is 0 Å². The summed E-state index contributed by atoms with van der Waals surface area (Å²) in [5.74, 6) is -0.843. The van der Waals surface area contributed by atoms with Gasteiger partial charge in [-0.2, -0.15) is 4.31 Å². The topological polar surface area (TPSA) is 111 Å². The fraction of sp³-hybridized carbons (Fsp3) is 0.333. The average molecular weight is 448 g/mol. The summed E-state index contributed by atoms with van der Waals surface area (Å²) in [5, 5.41) is 2.57. The SMILES string of the molecule is CCOc1ccccc1C(=O)OCC(=O)Nc1ccc(S(=O)(=O)N2CCOCC2)cc1. The zero-order chi connectivity index (χ0) is 22.3. The van der Waals surface area contributed by atoms with Crippen molar-refractivity contribution in [2.45, 2.75) is 11.8 Å². The maximum atomic E-state index is 12.6. The van der Waals surface area contributed by atoms with E-state index in [-0.39, 0.29) is 10.5 Å². The number of para-hydroxylation sites is 1. The Hall–Kier alpha value is -2.95. The lowest BCUT2D eigenvalue weighted by atomic mass is 10.2. The standard InChI is InChI=1S/C21H24N2O7S/c1-2-29-19-6-4-3-5-18(19)21(25)30-15-20(24)22-16-7-9-17(10-8-16)31(26,27)23-11-13-28-14-12-23/h3-10H,2,11-15H2,1H3,(H,22,24). The number of amides is 1. The third-order valence-electron chi connectivity index (χ3n) is 4.49. The van der Waals surface area contributed by atoms with Gasteiger partial charge in [-0.05, 0) is 43.3 Å². The Morgan fingerprint density at radius 1 is 1.06 bits per heavy atom. The molecule has 1 N–H and O–H groups in total. The number of rotatable bonds is 8. The molecule has 0 aliphatic carbocycles. The van der Waals surface area contributed by atoms with Crippen LogP contribution in [0.2, 0.25) is 0 Å². The van der Waals surface area contributed by atoms with Crippen LogP contribution in [0.25, 0.3) is 0 Å². The summed E-state index contributed by atoms with van der Waals surface area (Å²) in [6.45, 7) is 3.03. The molecule has 1 fully saturated rings. The van der Waals surface area contributed by atoms with Gasteiger partial charge in [-0.25, -0.2) is 13.2 Å². The first-order chi connectivity index (χ1) is 14.9. The van der Waals surface area contributed by atoms with E-state index in [1.165, 1.54) is 28.6 Å². The molecule has 2 aromatic rings. The monoisotopic (exact) mass is 448 g/mol. The van der Waals surface area contributed by atoms with Crippen LogP contribution in [0.15, 0.2) is 53.4 Å². The lowest BCUT2D eigenvalue weighted by molar-refractivity contribution is -0.119. The molecule has 0 spiro atoms. The number of morpholine rings is 1. The summed E-state index contributed by atoms with van der Waals surface area (Å²) in [6, 6.07) is 12.4. The average Bonchev–Trinajstić information content (AvgIpc) is 2.79. The van der Waals surface area contributed by atoms with Crippen LogP contribution in [0.3, 0.4) is 0 Å². The normalized spacial score (nSPS) is 14.6. The van der Waals surface area contributed by atoms with E-state index < -0.39 is 28.5 Å². The van der Waals surface area contributed by atoms with Gasteiger partial charge in [0, 0.05) is 18.8 Å². The lowest BCUT2D eigenvalue weighted by Gasteiger charge is -2.26. The molecule has 0 atom stereocenters. The van der Waals surface area contributed by atoms with Crippen molar-refractivity contribution in [3.63, 3.8) is 0 Å². The second-order valence-electron chi connectivity index (χ2n) is 6.59. The van der Waals surface area contributed by atoms with Crippen molar-refractivity contribution in [1.82, 2.24) is 4.31 Å². The predicted molar refractivity (Wildman–Crippen MR) is 113 cm³/mol. The molecular weight excluding hydrogens is 424 g/mol. The zero-order valence-corrected chi connectivity index (χ0v) is 17.9. The largest absolute Gasteiger partial charge is 0.493 e. The Kier molecular flexibility index (Phi) is 7.61. The first-order valence-corrected chi connectivity index (χ1v) is 11.2. The van der Waals surface area contributed by atoms with E-state index in [9.17, 15) is 18.0 Å². The van der Waals surface area contributed by atoms with E-state index in [1.54, 1.807) is 31.2 Å². The molecule has 166 valence electrons. The van der Waals surface area contributed by atoms with Crippen molar-refractivity contribution in [3.8, 4) is 5.75 Å². The maximum Gasteiger partial charge on any atom is 0.342 e. The fourth-order valence-electron chi connectivity index (χ4n) is 2.97. The molecule has 1 aliphatic rings. The summed E-state index contributed by atoms with van der Waals surface area (Å²) in [7, 11) is -3.61. The molecule has 31 heavy (non-hydrogen) atoms. The number of anilines is 1. The number of carbonyl (C=O) groups excluding carboxylic acids is 2. The van der Waals surface area contributed by atoms with Crippen LogP contribution < -0.4 is 10.1 Å². The van der Waals surface area contributed by atoms with Crippen LogP contribution in [0.4, 0.5) is 5.69 Å². The molecule has 1 aliphatic heterocycles. The van der Waals surface area contributed by atoms with Crippen LogP contribution in [-0.2, 0) is 24.3 Å². The summed E-state index contributed by atoms with van der Waals surface area (Å²) in [4.78, 5) is 24.5. The second kappa shape index (κ2) is 10.4. The van der Waals surface area contributed by atoms with E-state index in [4.69, 9.17) is 14.2 Å². The van der Waals surface area contributed by atoms with Crippen molar-refractivity contribution in [1.29, 1.82) is 0 Å². The van der Waals surface area contributed by atoms with E-state index in [1.807, 2.05) is 0 Å². The van der Waals surface area contributed by atoms with E-state index in [0.717, 1.165) is 0 Å². The van der Waals surface area contributed by atoms with Gasteiger partial charge in [0.05, 0.1) is 24.7 Å². The number of benzene rings is 2. The van der Waals surface area contributed by atoms with Crippen LogP contribution in [-0.4, -0.2) is 64.1 Å². The summed E-state index contributed by atoms with van der Waals surface area (Å²) in [5.41, 5.74) is 0.617. The highest BCUT2D eigenvalue weighted by Gasteiger charge is 2.26. The predicted octanol–water partition coefficient (Wildman–Crippen LogP) is 1.90. The van der Waals surface area contributed by atoms with Gasteiger partial charge in [0.1, 0.15) is 11.3 Å². The maximum absolute atomic E-state index is 12.6. The van der Waals surface area contributed by atoms with Crippen LogP contribution in [0, 0.1) is 0 Å². The lowest BCUT2D eigenvalue weighted by Crippen LogP contribution is -2.40. The molecule has 9 nitrogen and oxygen atoms in total. The van der Waals surface area contributed by atoms with Crippen molar-refractivity contribution in [2.75, 3.05) is 44.8 Å². The third kappa shape index (κ3) is 5.81. The van der Waals surface area contributed by atoms with E-state index in [0.29, 0.717) is 44.3 Å². The molecule has 10 heteroatoms. The molecule has 1 amide bonds. The molecule has 1 heterocycles. The smallest absolute Gasteiger partial charge is 0.342 e. The van der Waals surface area contributed by atoms with Crippen molar-refractivity contribution in [2.24, 2.45) is 0 Å². The van der Waals surface area contributed by atoms with E-state index >= 15 is 0 Å². The molecule has 3 rings (SSSR count). The minimum atomic E-state index is -3.61. The number of nitrogens with one attached hydrogen (secondary N) is 1. The first kappa shape index (κ1) is 22.7. The number of nitrogens with zero attached hydrogens (tertiary/aromatic N) is 1. The number of hydrogen-bond acceptors (Lipinski definition) is 7. The van der Waals surface area contributed by atoms with Gasteiger partial charge in [0.15, 0.2) is 6.61 Å². The molecule has 0 bridgehead atoms. The Morgan fingerprint density at radius 2 is 1.74 bits per heavy atom. The summed E-state index contributed by atoms with van der Waals surface area (Å²) >= 11 is 0. The minimum Gasteiger partial charge on any atom is -0.493 e. The van der Waals surface area contributed by atoms with E-state index in [2.05, 4.69) is 5.32 Å². The number of ether oxygens (including phenoxy) is 3. The molecule has 0 unspecified atom stereocenters. The number of esters is 1. The quantitative estimate of drug-likeness (QED) is 0.614. The fourth-order valence-corrected chi connectivity index (χ4v) is 4.38. The molecule has 2 aromatic carbocycles. The highest BCUT2D eigenvalue weighted by molar-refractivity contribution is 7.89. The number of sulfonamides is 1. The minimum absolute atomic E-state index is 0.131. The van der Waals surface area contributed by atoms with Gasteiger partial charge in [-0.1, -0.05) is 12.1 Å². The molecule has 0 saturated carbocycles. The van der Waals surface area contributed by atoms with Gasteiger partial charge < -0.3 is 19.5 Å². The van der Waals surface area contributed by atoms with Crippen molar-refractivity contribution >= 4 is 27.6 Å². The second-order valence-corrected chi connectivity index (χ2v) is 8.53. The first-order valence-electron chi connectivity index (χ1n) is 9.78. The van der Waals surface area contributed by atoms with Gasteiger partial charge in [-0.3, -0.25) is 4.79 Å². The Labute approximate surface area is 181 Å². The van der Waals surface area contributed by atoms with Crippen molar-refractivity contribution < 1.29 is 32.2 Å².